The Kier molecular flexibility index (Phi) is 5.83. The van der Waals surface area contributed by atoms with Crippen LogP contribution in [0.4, 0.5) is 11.4 Å². The highest BCUT2D eigenvalue weighted by Gasteiger charge is 2.16. The topological polar surface area (TPSA) is 98.8 Å². The number of aromatic amines is 1. The number of benzene rings is 2. The molecule has 0 aliphatic heterocycles. The van der Waals surface area contributed by atoms with Gasteiger partial charge in [-0.2, -0.15) is 5.26 Å². The maximum Gasteiger partial charge on any atom is 0.293 e. The molecule has 0 spiro atoms. The summed E-state index contributed by atoms with van der Waals surface area (Å²) in [5.41, 5.74) is 4.06. The molecule has 3 aromatic rings. The monoisotopic (exact) mass is 382 g/mol. The molecule has 8 heteroatoms. The van der Waals surface area contributed by atoms with Crippen LogP contribution in [0, 0.1) is 28.4 Å². The number of aromatic nitrogens is 2. The van der Waals surface area contributed by atoms with Gasteiger partial charge in [-0.15, -0.1) is 0 Å². The Morgan fingerprint density at radius 3 is 2.67 bits per heavy atom. The first-order chi connectivity index (χ1) is 12.4. The molecule has 0 bridgehead atoms. The van der Waals surface area contributed by atoms with Crippen LogP contribution in [0.2, 0.25) is 0 Å². The Hall–Kier alpha value is -3.37. The van der Waals surface area contributed by atoms with Crippen molar-refractivity contribution in [3.63, 3.8) is 0 Å². The minimum absolute atomic E-state index is 0. The van der Waals surface area contributed by atoms with Gasteiger partial charge in [0.05, 0.1) is 21.5 Å². The van der Waals surface area contributed by atoms with Crippen molar-refractivity contribution in [3.8, 4) is 6.07 Å². The molecule has 0 unspecified atom stereocenters. The molecule has 27 heavy (non-hydrogen) atoms. The number of hydrogen-bond donors (Lipinski definition) is 1. The van der Waals surface area contributed by atoms with E-state index in [2.05, 4.69) is 16.0 Å². The van der Waals surface area contributed by atoms with E-state index in [0.29, 0.717) is 22.6 Å². The lowest BCUT2D eigenvalue weighted by Crippen LogP contribution is -3.00. The smallest absolute Gasteiger partial charge is 0.293 e. The molecular weight excluding hydrogens is 366 g/mol. The zero-order valence-electron chi connectivity index (χ0n) is 15.0. The first-order valence-corrected chi connectivity index (χ1v) is 7.93. The van der Waals surface area contributed by atoms with E-state index in [1.807, 2.05) is 25.1 Å². The van der Waals surface area contributed by atoms with Gasteiger partial charge in [-0.1, -0.05) is 12.1 Å². The molecule has 0 amide bonds. The minimum Gasteiger partial charge on any atom is -1.00 e. The van der Waals surface area contributed by atoms with Gasteiger partial charge in [-0.05, 0) is 42.3 Å². The van der Waals surface area contributed by atoms with Crippen LogP contribution in [0.15, 0.2) is 36.4 Å². The van der Waals surface area contributed by atoms with Crippen molar-refractivity contribution in [1.29, 1.82) is 5.26 Å². The highest BCUT2D eigenvalue weighted by atomic mass is 35.5. The van der Waals surface area contributed by atoms with Crippen LogP contribution in [0.25, 0.3) is 22.7 Å². The molecule has 1 aromatic heterocycles. The van der Waals surface area contributed by atoms with E-state index in [9.17, 15) is 15.4 Å². The van der Waals surface area contributed by atoms with Crippen molar-refractivity contribution >= 4 is 34.1 Å². The van der Waals surface area contributed by atoms with Gasteiger partial charge in [0.25, 0.3) is 5.69 Å². The SMILES string of the molecule is Cc1ccc2nc(/C(C#N)=C/c3ccc(N(C)C)c([N+](=O)[O-])c3)[nH]c2c1.[Cl-]. The number of halogens is 1. The Morgan fingerprint density at radius 1 is 1.30 bits per heavy atom. The second-order valence-electron chi connectivity index (χ2n) is 6.18. The van der Waals surface area contributed by atoms with Crippen LogP contribution in [0.1, 0.15) is 17.0 Å². The normalized spacial score (nSPS) is 11.0. The molecule has 0 radical (unpaired) electrons. The number of rotatable bonds is 4. The number of aryl methyl sites for hydroxylation is 1. The Balaban J connectivity index is 0.00000261. The molecule has 7 nitrogen and oxygen atoms in total. The molecule has 3 rings (SSSR count). The summed E-state index contributed by atoms with van der Waals surface area (Å²) in [5, 5.41) is 20.8. The average molecular weight is 383 g/mol. The van der Waals surface area contributed by atoms with Gasteiger partial charge >= 0.3 is 0 Å². The first-order valence-electron chi connectivity index (χ1n) is 7.93. The maximum atomic E-state index is 11.3. The lowest BCUT2D eigenvalue weighted by Gasteiger charge is -2.12. The highest BCUT2D eigenvalue weighted by Crippen LogP contribution is 2.29. The van der Waals surface area contributed by atoms with Crippen molar-refractivity contribution in [2.45, 2.75) is 6.92 Å². The van der Waals surface area contributed by atoms with E-state index < -0.39 is 4.92 Å². The number of nitro benzene ring substituents is 1. The van der Waals surface area contributed by atoms with Crippen LogP contribution >= 0.6 is 0 Å². The molecule has 0 fully saturated rings. The summed E-state index contributed by atoms with van der Waals surface area (Å²) in [6, 6.07) is 12.8. The largest absolute Gasteiger partial charge is 1.00 e. The number of anilines is 1. The number of nitrogens with zero attached hydrogens (tertiary/aromatic N) is 4. The van der Waals surface area contributed by atoms with Crippen LogP contribution < -0.4 is 17.3 Å². The second-order valence-corrected chi connectivity index (χ2v) is 6.18. The van der Waals surface area contributed by atoms with Gasteiger partial charge in [0.2, 0.25) is 0 Å². The van der Waals surface area contributed by atoms with Gasteiger partial charge in [0, 0.05) is 20.2 Å². The molecule has 1 heterocycles. The molecule has 0 saturated carbocycles. The predicted octanol–water partition coefficient (Wildman–Crippen LogP) is 0.914. The van der Waals surface area contributed by atoms with E-state index in [1.165, 1.54) is 6.07 Å². The molecule has 1 N–H and O–H groups in total. The lowest BCUT2D eigenvalue weighted by atomic mass is 10.1. The first kappa shape index (κ1) is 19.9. The second kappa shape index (κ2) is 7.89. The summed E-state index contributed by atoms with van der Waals surface area (Å²) in [7, 11) is 3.49. The maximum absolute atomic E-state index is 11.3. The molecule has 0 aliphatic carbocycles. The highest BCUT2D eigenvalue weighted by molar-refractivity contribution is 5.91. The summed E-state index contributed by atoms with van der Waals surface area (Å²) in [6.45, 7) is 1.98. The van der Waals surface area contributed by atoms with E-state index >= 15 is 0 Å². The van der Waals surface area contributed by atoms with Crippen LogP contribution in [0.3, 0.4) is 0 Å². The number of nitrogens with one attached hydrogen (secondary N) is 1. The molecule has 138 valence electrons. The molecular formula is C19H17ClN5O2-. The number of imidazole rings is 1. The molecule has 2 aromatic carbocycles. The number of nitro groups is 1. The Morgan fingerprint density at radius 2 is 2.04 bits per heavy atom. The van der Waals surface area contributed by atoms with E-state index in [-0.39, 0.29) is 18.1 Å². The average Bonchev–Trinajstić information content (AvgIpc) is 3.02. The Bertz CT molecular complexity index is 1080. The minimum atomic E-state index is -0.428. The van der Waals surface area contributed by atoms with Gasteiger partial charge in [0.15, 0.2) is 0 Å². The van der Waals surface area contributed by atoms with Crippen molar-refractivity contribution in [2.24, 2.45) is 0 Å². The predicted molar refractivity (Wildman–Crippen MR) is 102 cm³/mol. The zero-order chi connectivity index (χ0) is 18.8. The summed E-state index contributed by atoms with van der Waals surface area (Å²) < 4.78 is 0. The number of allylic oxidation sites excluding steroid dienone is 1. The third-order valence-electron chi connectivity index (χ3n) is 4.00. The van der Waals surface area contributed by atoms with Gasteiger partial charge < -0.3 is 22.3 Å². The lowest BCUT2D eigenvalue weighted by molar-refractivity contribution is -0.384. The standard InChI is InChI=1S/C19H17N5O2.ClH/c1-12-4-6-15-16(8-12)22-19(21-15)14(11-20)9-13-5-7-17(23(2)3)18(10-13)24(25)26;/h4-10H,1-3H3,(H,21,22);1H/p-1/b14-9+;. The number of nitriles is 1. The summed E-state index contributed by atoms with van der Waals surface area (Å²) in [4.78, 5) is 20.1. The summed E-state index contributed by atoms with van der Waals surface area (Å²) >= 11 is 0. The number of H-pyrrole nitrogens is 1. The molecule has 0 atom stereocenters. The van der Waals surface area contributed by atoms with Crippen LogP contribution in [-0.4, -0.2) is 29.0 Å². The van der Waals surface area contributed by atoms with Crippen molar-refractivity contribution < 1.29 is 17.3 Å². The van der Waals surface area contributed by atoms with E-state index in [1.54, 1.807) is 37.2 Å². The fraction of sp³-hybridized carbons (Fsp3) is 0.158. The zero-order valence-corrected chi connectivity index (χ0v) is 15.8. The molecule has 0 saturated heterocycles. The van der Waals surface area contributed by atoms with Gasteiger partial charge in [-0.3, -0.25) is 10.1 Å². The van der Waals surface area contributed by atoms with Gasteiger partial charge in [-0.25, -0.2) is 4.98 Å². The van der Waals surface area contributed by atoms with Crippen LogP contribution in [0.5, 0.6) is 0 Å². The quantitative estimate of drug-likeness (QED) is 0.411. The van der Waals surface area contributed by atoms with E-state index in [4.69, 9.17) is 0 Å². The number of fused-ring (bicyclic) bond motifs is 1. The van der Waals surface area contributed by atoms with E-state index in [0.717, 1.165) is 16.6 Å². The van der Waals surface area contributed by atoms with Gasteiger partial charge in [0.1, 0.15) is 17.6 Å². The van der Waals surface area contributed by atoms with Crippen molar-refractivity contribution in [3.05, 3.63) is 63.5 Å². The van der Waals surface area contributed by atoms with Crippen molar-refractivity contribution in [1.82, 2.24) is 9.97 Å². The fourth-order valence-corrected chi connectivity index (χ4v) is 2.73. The third-order valence-corrected chi connectivity index (χ3v) is 4.00. The fourth-order valence-electron chi connectivity index (χ4n) is 2.73. The third kappa shape index (κ3) is 4.07. The number of hydrogen-bond acceptors (Lipinski definition) is 5. The summed E-state index contributed by atoms with van der Waals surface area (Å²) in [6.07, 6.45) is 1.59. The van der Waals surface area contributed by atoms with Crippen molar-refractivity contribution in [2.75, 3.05) is 19.0 Å². The Labute approximate surface area is 162 Å². The molecule has 0 aliphatic rings. The summed E-state index contributed by atoms with van der Waals surface area (Å²) in [5.74, 6) is 0.437. The van der Waals surface area contributed by atoms with Crippen LogP contribution in [-0.2, 0) is 0 Å².